The molecule has 68 heavy (non-hydrogen) atoms. The van der Waals surface area contributed by atoms with Gasteiger partial charge in [0.1, 0.15) is 28.8 Å². The number of rotatable bonds is 5. The molecule has 0 radical (unpaired) electrons. The van der Waals surface area contributed by atoms with Crippen LogP contribution >= 0.6 is 0 Å². The summed E-state index contributed by atoms with van der Waals surface area (Å²) in [5.74, 6) is -6.43. The van der Waals surface area contributed by atoms with Crippen LogP contribution in [-0.4, -0.2) is 112 Å². The predicted octanol–water partition coefficient (Wildman–Crippen LogP) is 5.34. The quantitative estimate of drug-likeness (QED) is 0.0966. The third-order valence-corrected chi connectivity index (χ3v) is 13.8. The van der Waals surface area contributed by atoms with E-state index in [4.69, 9.17) is 28.3 Å². The maximum Gasteiger partial charge on any atom is 0.307 e. The highest BCUT2D eigenvalue weighted by atomic mass is 16.7. The van der Waals surface area contributed by atoms with Gasteiger partial charge in [-0.25, -0.2) is 4.98 Å². The number of nitrogens with one attached hydrogen (secondary N) is 1. The van der Waals surface area contributed by atoms with Gasteiger partial charge in [0, 0.05) is 112 Å². The number of aromatic nitrogens is 1. The smallest absolute Gasteiger partial charge is 0.307 e. The summed E-state index contributed by atoms with van der Waals surface area (Å²) < 4.78 is 30.5. The Balaban J connectivity index is 1.46. The van der Waals surface area contributed by atoms with Gasteiger partial charge in [-0.3, -0.25) is 24.1 Å². The van der Waals surface area contributed by atoms with Crippen molar-refractivity contribution in [3.05, 3.63) is 79.5 Å². The second kappa shape index (κ2) is 19.5. The van der Waals surface area contributed by atoms with Gasteiger partial charge >= 0.3 is 11.8 Å². The Bertz CT molecular complexity index is 2900. The summed E-state index contributed by atoms with van der Waals surface area (Å²) in [7, 11) is 1.45. The standard InChI is InChI=1S/C51H64N4O13/c1-24(2)23-54-16-18-55(19-17-54)32-21-33(57)39-35(22-32)67-48-40(52-39)36-37-44(60)30(8)47-38(36)49(62)51(10,68-47)65-20-15-34(64-11)27(5)46(66-31(9)56)29(7)43(59)28(6)42(58)25(3)13-12-14-26(4)50(63)53-41(48)45(37)61/h12-15,20-22,24-25,27-29,34,42-43,46,58-60,62H,16-19,23H2,1-11H3,(H,53,63)/b13-12+,20-15-,26-14+/t25-,27+,28+,29+,34-,42-,43+,46+,51-/m0/s1. The van der Waals surface area contributed by atoms with E-state index in [1.54, 1.807) is 45.9 Å². The summed E-state index contributed by atoms with van der Waals surface area (Å²) in [5, 5.41) is 49.3. The highest BCUT2D eigenvalue weighted by molar-refractivity contribution is 6.16. The minimum absolute atomic E-state index is 0.0390. The fourth-order valence-corrected chi connectivity index (χ4v) is 9.76. The zero-order valence-electron chi connectivity index (χ0n) is 40.6. The van der Waals surface area contributed by atoms with E-state index in [2.05, 4.69) is 29.0 Å². The number of methoxy groups -OCH3 is 1. The van der Waals surface area contributed by atoms with Gasteiger partial charge in [-0.15, -0.1) is 0 Å². The van der Waals surface area contributed by atoms with E-state index in [1.165, 1.54) is 59.3 Å². The third kappa shape index (κ3) is 9.28. The number of esters is 1. The number of aliphatic hydroxyl groups is 3. The first-order valence-corrected chi connectivity index (χ1v) is 23.2. The number of aliphatic hydroxyl groups excluding tert-OH is 3. The first-order valence-electron chi connectivity index (χ1n) is 23.2. The number of anilines is 2. The Morgan fingerprint density at radius 2 is 1.65 bits per heavy atom. The number of hydrogen-bond acceptors (Lipinski definition) is 16. The zero-order chi connectivity index (χ0) is 49.7. The minimum Gasteiger partial charge on any atom is -0.507 e. The third-order valence-electron chi connectivity index (χ3n) is 13.8. The molecule has 17 nitrogen and oxygen atoms in total. The number of nitrogens with zero attached hydrogens (tertiary/aromatic N) is 3. The van der Waals surface area contributed by atoms with Crippen molar-refractivity contribution in [2.24, 2.45) is 29.6 Å². The van der Waals surface area contributed by atoms with E-state index < -0.39 is 88.1 Å². The first-order chi connectivity index (χ1) is 32.1. The van der Waals surface area contributed by atoms with Crippen LogP contribution in [0.2, 0.25) is 0 Å². The lowest BCUT2D eigenvalue weighted by Crippen LogP contribution is -2.47. The summed E-state index contributed by atoms with van der Waals surface area (Å²) in [6.07, 6.45) is 3.57. The Morgan fingerprint density at radius 3 is 2.29 bits per heavy atom. The van der Waals surface area contributed by atoms with Crippen molar-refractivity contribution in [3.8, 4) is 11.5 Å². The highest BCUT2D eigenvalue weighted by Gasteiger charge is 2.44. The molecule has 0 aliphatic carbocycles. The lowest BCUT2D eigenvalue weighted by atomic mass is 9.78. The molecule has 7 rings (SSSR count). The van der Waals surface area contributed by atoms with Crippen molar-refractivity contribution in [2.75, 3.05) is 50.1 Å². The molecule has 4 bridgehead atoms. The maximum atomic E-state index is 14.9. The van der Waals surface area contributed by atoms with Crippen LogP contribution in [0.15, 0.2) is 62.3 Å². The number of piperazine rings is 1. The minimum atomic E-state index is -1.98. The van der Waals surface area contributed by atoms with Crippen LogP contribution < -0.4 is 31.0 Å². The summed E-state index contributed by atoms with van der Waals surface area (Å²) in [4.78, 5) is 64.7. The van der Waals surface area contributed by atoms with E-state index in [0.717, 1.165) is 19.6 Å². The number of ether oxygens (including phenoxy) is 4. The molecule has 4 aromatic rings. The number of carbonyl (C=O) groups excluding carboxylic acids is 2. The van der Waals surface area contributed by atoms with Crippen LogP contribution in [0.4, 0.5) is 11.4 Å². The number of amides is 1. The molecule has 366 valence electrons. The van der Waals surface area contributed by atoms with Crippen molar-refractivity contribution in [2.45, 2.75) is 99.4 Å². The van der Waals surface area contributed by atoms with Gasteiger partial charge in [0.15, 0.2) is 22.4 Å². The molecule has 3 aliphatic heterocycles. The molecule has 9 atom stereocenters. The van der Waals surface area contributed by atoms with E-state index in [-0.39, 0.29) is 60.8 Å². The Kier molecular flexibility index (Phi) is 14.3. The van der Waals surface area contributed by atoms with Crippen LogP contribution in [0.25, 0.3) is 38.7 Å². The van der Waals surface area contributed by atoms with Crippen LogP contribution in [0.5, 0.6) is 11.5 Å². The number of carbonyl (C=O) groups is 2. The molecule has 1 saturated heterocycles. The largest absolute Gasteiger partial charge is 0.507 e. The fourth-order valence-electron chi connectivity index (χ4n) is 9.76. The first kappa shape index (κ1) is 49.9. The summed E-state index contributed by atoms with van der Waals surface area (Å²) in [6, 6.07) is 3.16. The molecule has 1 amide bonds. The SMILES string of the molecule is CO[C@H]1/C=C\O[C@@]2(C)Oc3c(C)c(O)c4c(=O)c(c5oc6cc(N7CCN(CC(C)C)CC7)cc(=O)c6nc5c4c3=C2O)NC(=O)/C(C)=C/C=C/[C@H](C)[C@H](O)[C@@H](C)[C@@H](O)[C@@H](C)[C@H](OC(C)=O)[C@@H]1C. The van der Waals surface area contributed by atoms with Crippen molar-refractivity contribution >= 4 is 62.0 Å². The molecule has 3 aliphatic rings. The zero-order valence-corrected chi connectivity index (χ0v) is 40.6. The molecule has 3 aromatic carbocycles. The van der Waals surface area contributed by atoms with E-state index in [1.807, 2.05) is 0 Å². The number of phenolic OH excluding ortho intramolecular Hbond substituents is 1. The summed E-state index contributed by atoms with van der Waals surface area (Å²) in [6.45, 7) is 20.8. The Hall–Kier alpha value is -6.01. The van der Waals surface area contributed by atoms with Gasteiger partial charge in [-0.2, -0.15) is 0 Å². The lowest BCUT2D eigenvalue weighted by Gasteiger charge is -2.38. The molecule has 1 fully saturated rings. The second-order valence-electron chi connectivity index (χ2n) is 19.2. The number of hydrogen-bond donors (Lipinski definition) is 5. The fraction of sp³-hybridized carbons (Fsp3) is 0.510. The monoisotopic (exact) mass is 940 g/mol. The molecule has 0 unspecified atom stereocenters. The van der Waals surface area contributed by atoms with Gasteiger partial charge in [0.05, 0.1) is 35.2 Å². The average molecular weight is 941 g/mol. The number of benzene rings is 3. The normalized spacial score (nSPS) is 29.5. The second-order valence-corrected chi connectivity index (χ2v) is 19.2. The molecular weight excluding hydrogens is 877 g/mol. The van der Waals surface area contributed by atoms with Crippen LogP contribution in [0, 0.1) is 36.5 Å². The highest BCUT2D eigenvalue weighted by Crippen LogP contribution is 2.42. The summed E-state index contributed by atoms with van der Waals surface area (Å²) in [5.41, 5.74) is -1.35. The Morgan fingerprint density at radius 1 is 0.956 bits per heavy atom. The van der Waals surface area contributed by atoms with E-state index in [0.29, 0.717) is 24.7 Å². The average Bonchev–Trinajstić information content (AvgIpc) is 3.56. The van der Waals surface area contributed by atoms with Crippen LogP contribution in [-0.2, 0) is 23.8 Å². The van der Waals surface area contributed by atoms with Gasteiger partial charge < -0.3 is 54.0 Å². The van der Waals surface area contributed by atoms with Gasteiger partial charge in [0.25, 0.3) is 5.91 Å². The van der Waals surface area contributed by atoms with Crippen molar-refractivity contribution in [1.82, 2.24) is 9.88 Å². The van der Waals surface area contributed by atoms with Gasteiger partial charge in [0.2, 0.25) is 10.9 Å². The molecule has 1 aromatic heterocycles. The van der Waals surface area contributed by atoms with Gasteiger partial charge in [-0.05, 0) is 25.8 Å². The molecule has 0 spiro atoms. The van der Waals surface area contributed by atoms with Crippen molar-refractivity contribution in [1.29, 1.82) is 0 Å². The molecule has 0 saturated carbocycles. The molecular formula is C51H64N4O13. The van der Waals surface area contributed by atoms with Crippen molar-refractivity contribution < 1.29 is 53.4 Å². The van der Waals surface area contributed by atoms with Crippen LogP contribution in [0.3, 0.4) is 0 Å². The van der Waals surface area contributed by atoms with Gasteiger partial charge in [-0.1, -0.05) is 59.8 Å². The lowest BCUT2D eigenvalue weighted by molar-refractivity contribution is -0.160. The molecule has 5 N–H and O–H groups in total. The topological polar surface area (TPSA) is 231 Å². The van der Waals surface area contributed by atoms with Crippen LogP contribution in [0.1, 0.15) is 67.9 Å². The molecule has 17 heteroatoms. The Labute approximate surface area is 394 Å². The number of phenols is 1. The van der Waals surface area contributed by atoms with E-state index in [9.17, 15) is 39.6 Å². The van der Waals surface area contributed by atoms with Crippen molar-refractivity contribution in [3.63, 3.8) is 0 Å². The molecule has 4 heterocycles. The number of aromatic hydroxyl groups is 1. The predicted molar refractivity (Wildman–Crippen MR) is 259 cm³/mol. The number of allylic oxidation sites excluding steroid dienone is 2. The van der Waals surface area contributed by atoms with E-state index >= 15 is 0 Å². The summed E-state index contributed by atoms with van der Waals surface area (Å²) >= 11 is 0. The maximum absolute atomic E-state index is 14.9. The number of fused-ring (bicyclic) bond motifs is 2.